The van der Waals surface area contributed by atoms with E-state index in [1.165, 1.54) is 6.42 Å². The van der Waals surface area contributed by atoms with E-state index < -0.39 is 0 Å². The Bertz CT molecular complexity index is 280. The molecule has 2 rings (SSSR count). The van der Waals surface area contributed by atoms with Gasteiger partial charge >= 0.3 is 0 Å². The van der Waals surface area contributed by atoms with Gasteiger partial charge in [-0.2, -0.15) is 0 Å². The third-order valence-electron chi connectivity index (χ3n) is 4.31. The highest BCUT2D eigenvalue weighted by Crippen LogP contribution is 2.38. The lowest BCUT2D eigenvalue weighted by atomic mass is 9.77. The van der Waals surface area contributed by atoms with Gasteiger partial charge < -0.3 is 9.64 Å². The molecule has 0 aromatic rings. The number of ether oxygens (including phenoxy) is 1. The van der Waals surface area contributed by atoms with Gasteiger partial charge in [-0.1, -0.05) is 0 Å². The van der Waals surface area contributed by atoms with Crippen LogP contribution in [0.4, 0.5) is 0 Å². The molecule has 2 saturated carbocycles. The third kappa shape index (κ3) is 2.94. The van der Waals surface area contributed by atoms with Crippen LogP contribution in [0.3, 0.4) is 0 Å². The zero-order valence-corrected chi connectivity index (χ0v) is 11.5. The number of amides is 1. The van der Waals surface area contributed by atoms with Gasteiger partial charge in [0.25, 0.3) is 0 Å². The van der Waals surface area contributed by atoms with Gasteiger partial charge in [0, 0.05) is 26.1 Å². The summed E-state index contributed by atoms with van der Waals surface area (Å²) in [6, 6.07) is 0. The number of nitrogens with zero attached hydrogens (tertiary/aromatic N) is 1. The summed E-state index contributed by atoms with van der Waals surface area (Å²) in [5.41, 5.74) is -0.153. The number of carbonyl (C=O) groups is 1. The first-order valence-corrected chi connectivity index (χ1v) is 6.91. The molecule has 3 nitrogen and oxygen atoms in total. The van der Waals surface area contributed by atoms with Crippen LogP contribution >= 0.6 is 11.6 Å². The maximum Gasteiger partial charge on any atom is 0.225 e. The molecule has 2 fully saturated rings. The number of rotatable bonds is 5. The first-order valence-electron chi connectivity index (χ1n) is 6.48. The SMILES string of the molecule is COC1(CC(=O)N(C)CC2CC(Cl)C2)CCC1. The normalized spacial score (nSPS) is 30.3. The van der Waals surface area contributed by atoms with Gasteiger partial charge in [-0.15, -0.1) is 11.6 Å². The van der Waals surface area contributed by atoms with E-state index in [4.69, 9.17) is 16.3 Å². The van der Waals surface area contributed by atoms with E-state index in [0.717, 1.165) is 32.2 Å². The molecule has 0 radical (unpaired) electrons. The number of methoxy groups -OCH3 is 1. The molecule has 0 atom stereocenters. The van der Waals surface area contributed by atoms with Crippen molar-refractivity contribution in [1.29, 1.82) is 0 Å². The average molecular weight is 260 g/mol. The van der Waals surface area contributed by atoms with E-state index in [2.05, 4.69) is 0 Å². The maximum atomic E-state index is 12.1. The molecule has 0 aliphatic heterocycles. The molecule has 4 heteroatoms. The van der Waals surface area contributed by atoms with Crippen LogP contribution in [0.5, 0.6) is 0 Å². The molecule has 0 saturated heterocycles. The second-order valence-electron chi connectivity index (χ2n) is 5.63. The summed E-state index contributed by atoms with van der Waals surface area (Å²) < 4.78 is 5.49. The van der Waals surface area contributed by atoms with Crippen LogP contribution in [0.15, 0.2) is 0 Å². The lowest BCUT2D eigenvalue weighted by Gasteiger charge is -2.41. The Morgan fingerprint density at radius 3 is 2.53 bits per heavy atom. The van der Waals surface area contributed by atoms with E-state index >= 15 is 0 Å². The molecular formula is C13H22ClNO2. The van der Waals surface area contributed by atoms with Crippen LogP contribution in [0.25, 0.3) is 0 Å². The molecule has 0 N–H and O–H groups in total. The third-order valence-corrected chi connectivity index (χ3v) is 4.66. The second-order valence-corrected chi connectivity index (χ2v) is 6.24. The van der Waals surface area contributed by atoms with Crippen LogP contribution in [0, 0.1) is 5.92 Å². The van der Waals surface area contributed by atoms with Gasteiger partial charge in [0.05, 0.1) is 12.0 Å². The van der Waals surface area contributed by atoms with Crippen molar-refractivity contribution in [1.82, 2.24) is 4.90 Å². The molecule has 0 unspecified atom stereocenters. The van der Waals surface area contributed by atoms with Gasteiger partial charge in [0.15, 0.2) is 0 Å². The lowest BCUT2D eigenvalue weighted by Crippen LogP contribution is -2.46. The van der Waals surface area contributed by atoms with Crippen LogP contribution in [0.2, 0.25) is 0 Å². The molecular weight excluding hydrogens is 238 g/mol. The Balaban J connectivity index is 1.75. The van der Waals surface area contributed by atoms with Crippen molar-refractivity contribution in [2.24, 2.45) is 5.92 Å². The molecule has 0 heterocycles. The lowest BCUT2D eigenvalue weighted by molar-refractivity contribution is -0.143. The van der Waals surface area contributed by atoms with Crippen molar-refractivity contribution in [3.63, 3.8) is 0 Å². The smallest absolute Gasteiger partial charge is 0.225 e. The van der Waals surface area contributed by atoms with Crippen molar-refractivity contribution < 1.29 is 9.53 Å². The van der Waals surface area contributed by atoms with E-state index in [-0.39, 0.29) is 11.5 Å². The van der Waals surface area contributed by atoms with E-state index in [1.54, 1.807) is 7.11 Å². The molecule has 17 heavy (non-hydrogen) atoms. The summed E-state index contributed by atoms with van der Waals surface area (Å²) in [4.78, 5) is 13.9. The maximum absolute atomic E-state index is 12.1. The van der Waals surface area contributed by atoms with Crippen molar-refractivity contribution in [2.75, 3.05) is 20.7 Å². The number of hydrogen-bond donors (Lipinski definition) is 0. The minimum absolute atomic E-state index is 0.153. The molecule has 2 aliphatic rings. The topological polar surface area (TPSA) is 29.5 Å². The Morgan fingerprint density at radius 2 is 2.12 bits per heavy atom. The summed E-state index contributed by atoms with van der Waals surface area (Å²) in [5, 5.41) is 0.334. The molecule has 98 valence electrons. The summed E-state index contributed by atoms with van der Waals surface area (Å²) >= 11 is 5.94. The van der Waals surface area contributed by atoms with Crippen molar-refractivity contribution >= 4 is 17.5 Å². The predicted octanol–water partition coefficient (Wildman–Crippen LogP) is 2.42. The van der Waals surface area contributed by atoms with Crippen molar-refractivity contribution in [2.45, 2.75) is 49.5 Å². The summed E-state index contributed by atoms with van der Waals surface area (Å²) in [6.07, 6.45) is 5.87. The average Bonchev–Trinajstić information content (AvgIpc) is 2.20. The van der Waals surface area contributed by atoms with Crippen LogP contribution in [-0.2, 0) is 9.53 Å². The number of halogens is 1. The first-order chi connectivity index (χ1) is 8.04. The van der Waals surface area contributed by atoms with E-state index in [1.807, 2.05) is 11.9 Å². The summed E-state index contributed by atoms with van der Waals surface area (Å²) in [6.45, 7) is 0.849. The fraction of sp³-hybridized carbons (Fsp3) is 0.923. The Labute approximate surface area is 108 Å². The Morgan fingerprint density at radius 1 is 1.47 bits per heavy atom. The van der Waals surface area contributed by atoms with Crippen LogP contribution in [-0.4, -0.2) is 42.5 Å². The van der Waals surface area contributed by atoms with Gasteiger partial charge in [0.1, 0.15) is 0 Å². The van der Waals surface area contributed by atoms with E-state index in [0.29, 0.717) is 17.7 Å². The molecule has 0 aromatic carbocycles. The van der Waals surface area contributed by atoms with Crippen LogP contribution in [0.1, 0.15) is 38.5 Å². The summed E-state index contributed by atoms with van der Waals surface area (Å²) in [7, 11) is 3.61. The minimum Gasteiger partial charge on any atom is -0.378 e. The molecule has 0 spiro atoms. The number of alkyl halides is 1. The highest BCUT2D eigenvalue weighted by Gasteiger charge is 2.40. The minimum atomic E-state index is -0.153. The molecule has 0 bridgehead atoms. The van der Waals surface area contributed by atoms with Crippen molar-refractivity contribution in [3.8, 4) is 0 Å². The highest BCUT2D eigenvalue weighted by atomic mass is 35.5. The van der Waals surface area contributed by atoms with Gasteiger partial charge in [-0.05, 0) is 38.0 Å². The number of carbonyl (C=O) groups excluding carboxylic acids is 1. The van der Waals surface area contributed by atoms with E-state index in [9.17, 15) is 4.79 Å². The zero-order valence-electron chi connectivity index (χ0n) is 10.7. The largest absolute Gasteiger partial charge is 0.378 e. The second kappa shape index (κ2) is 5.15. The Hall–Kier alpha value is -0.280. The molecule has 2 aliphatic carbocycles. The first kappa shape index (κ1) is 13.2. The standard InChI is InChI=1S/C13H22ClNO2/c1-15(9-10-6-11(14)7-10)12(16)8-13(17-2)4-3-5-13/h10-11H,3-9H2,1-2H3. The van der Waals surface area contributed by atoms with Gasteiger partial charge in [-0.25, -0.2) is 0 Å². The van der Waals surface area contributed by atoms with Gasteiger partial charge in [0.2, 0.25) is 5.91 Å². The highest BCUT2D eigenvalue weighted by molar-refractivity contribution is 6.21. The monoisotopic (exact) mass is 259 g/mol. The predicted molar refractivity (Wildman–Crippen MR) is 68.2 cm³/mol. The molecule has 1 amide bonds. The fourth-order valence-electron chi connectivity index (χ4n) is 2.73. The van der Waals surface area contributed by atoms with Crippen LogP contribution < -0.4 is 0 Å². The summed E-state index contributed by atoms with van der Waals surface area (Å²) in [5.74, 6) is 0.816. The van der Waals surface area contributed by atoms with Gasteiger partial charge in [-0.3, -0.25) is 4.79 Å². The quantitative estimate of drug-likeness (QED) is 0.710. The molecule has 0 aromatic heterocycles. The zero-order chi connectivity index (χ0) is 12.5. The van der Waals surface area contributed by atoms with Crippen molar-refractivity contribution in [3.05, 3.63) is 0 Å². The number of hydrogen-bond acceptors (Lipinski definition) is 2. The Kier molecular flexibility index (Phi) is 3.99. The fourth-order valence-corrected chi connectivity index (χ4v) is 3.23.